The van der Waals surface area contributed by atoms with Gasteiger partial charge in [-0.3, -0.25) is 9.59 Å². The number of halogens is 1. The zero-order chi connectivity index (χ0) is 24.2. The highest BCUT2D eigenvalue weighted by Gasteiger charge is 2.23. The third-order valence-electron chi connectivity index (χ3n) is 5.73. The fourth-order valence-corrected chi connectivity index (χ4v) is 4.58. The molecule has 3 heterocycles. The van der Waals surface area contributed by atoms with Gasteiger partial charge in [-0.05, 0) is 40.8 Å². The molecule has 2 amide bonds. The number of para-hydroxylation sites is 1. The number of nitrogens with zero attached hydrogens (tertiary/aromatic N) is 2. The van der Waals surface area contributed by atoms with Gasteiger partial charge in [-0.25, -0.2) is 9.37 Å². The number of H-pyrrole nitrogens is 1. The van der Waals surface area contributed by atoms with Crippen LogP contribution in [0.2, 0.25) is 0 Å². The van der Waals surface area contributed by atoms with Crippen LogP contribution in [0.4, 0.5) is 4.39 Å². The molecule has 0 aliphatic heterocycles. The minimum absolute atomic E-state index is 0.124. The van der Waals surface area contributed by atoms with Gasteiger partial charge < -0.3 is 20.2 Å². The van der Waals surface area contributed by atoms with E-state index in [1.807, 2.05) is 35.8 Å². The first-order valence-electron chi connectivity index (χ1n) is 11.0. The van der Waals surface area contributed by atoms with Gasteiger partial charge in [-0.15, -0.1) is 11.3 Å². The number of rotatable bonds is 8. The second-order valence-electron chi connectivity index (χ2n) is 8.04. The SMILES string of the molecule is O=C(NC(Cc1c[nH]c2ccccc12)C(=O)NCc1ccc(-n2ccnc2)c(F)c1)c1cccs1. The van der Waals surface area contributed by atoms with E-state index in [0.29, 0.717) is 22.5 Å². The van der Waals surface area contributed by atoms with Crippen LogP contribution in [0, 0.1) is 5.82 Å². The summed E-state index contributed by atoms with van der Waals surface area (Å²) >= 11 is 1.31. The Kier molecular flexibility index (Phi) is 6.40. The van der Waals surface area contributed by atoms with E-state index in [1.54, 1.807) is 41.2 Å². The molecule has 7 nitrogen and oxygen atoms in total. The van der Waals surface area contributed by atoms with Crippen LogP contribution in [0.25, 0.3) is 16.6 Å². The van der Waals surface area contributed by atoms with Crippen molar-refractivity contribution >= 4 is 34.1 Å². The number of imidazole rings is 1. The minimum atomic E-state index is -0.807. The first-order chi connectivity index (χ1) is 17.1. The van der Waals surface area contributed by atoms with E-state index in [-0.39, 0.29) is 18.4 Å². The van der Waals surface area contributed by atoms with E-state index in [9.17, 15) is 14.0 Å². The highest BCUT2D eigenvalue weighted by molar-refractivity contribution is 7.12. The van der Waals surface area contributed by atoms with Crippen molar-refractivity contribution in [1.82, 2.24) is 25.2 Å². The maximum Gasteiger partial charge on any atom is 0.262 e. The Morgan fingerprint density at radius 3 is 2.80 bits per heavy atom. The fraction of sp³-hybridized carbons (Fsp3) is 0.115. The molecule has 0 saturated heterocycles. The van der Waals surface area contributed by atoms with Gasteiger partial charge in [-0.2, -0.15) is 0 Å². The Bertz CT molecular complexity index is 1460. The third kappa shape index (κ3) is 4.99. The van der Waals surface area contributed by atoms with Crippen LogP contribution in [0.1, 0.15) is 20.8 Å². The Hall–Kier alpha value is -4.24. The molecule has 35 heavy (non-hydrogen) atoms. The molecule has 3 N–H and O–H groups in total. The number of hydrogen-bond acceptors (Lipinski definition) is 4. The number of carbonyl (C=O) groups excluding carboxylic acids is 2. The van der Waals surface area contributed by atoms with Gasteiger partial charge in [0.05, 0.1) is 16.9 Å². The number of fused-ring (bicyclic) bond motifs is 1. The second-order valence-corrected chi connectivity index (χ2v) is 8.99. The number of nitrogens with one attached hydrogen (secondary N) is 3. The summed E-state index contributed by atoms with van der Waals surface area (Å²) in [7, 11) is 0. The van der Waals surface area contributed by atoms with Crippen molar-refractivity contribution in [3.05, 3.63) is 107 Å². The molecule has 1 unspecified atom stereocenters. The van der Waals surface area contributed by atoms with E-state index in [0.717, 1.165) is 16.5 Å². The van der Waals surface area contributed by atoms with Crippen molar-refractivity contribution in [2.24, 2.45) is 0 Å². The predicted molar refractivity (Wildman–Crippen MR) is 133 cm³/mol. The third-order valence-corrected chi connectivity index (χ3v) is 6.60. The first-order valence-corrected chi connectivity index (χ1v) is 11.9. The molecule has 2 aromatic carbocycles. The van der Waals surface area contributed by atoms with Crippen LogP contribution < -0.4 is 10.6 Å². The molecule has 0 spiro atoms. The van der Waals surface area contributed by atoms with E-state index in [2.05, 4.69) is 20.6 Å². The van der Waals surface area contributed by atoms with Crippen LogP contribution in [-0.4, -0.2) is 32.4 Å². The van der Waals surface area contributed by atoms with Crippen molar-refractivity contribution in [2.75, 3.05) is 0 Å². The van der Waals surface area contributed by atoms with E-state index < -0.39 is 11.9 Å². The van der Waals surface area contributed by atoms with Crippen LogP contribution >= 0.6 is 11.3 Å². The van der Waals surface area contributed by atoms with Crippen LogP contribution in [0.3, 0.4) is 0 Å². The summed E-state index contributed by atoms with van der Waals surface area (Å²) in [5, 5.41) is 8.51. The average Bonchev–Trinajstić information content (AvgIpc) is 3.65. The maximum absolute atomic E-state index is 14.6. The number of amides is 2. The van der Waals surface area contributed by atoms with Gasteiger partial charge >= 0.3 is 0 Å². The summed E-state index contributed by atoms with van der Waals surface area (Å²) in [6, 6.07) is 15.3. The van der Waals surface area contributed by atoms with Gasteiger partial charge in [0.15, 0.2) is 0 Å². The molecule has 5 rings (SSSR count). The molecular formula is C26H22FN5O2S. The topological polar surface area (TPSA) is 91.8 Å². The molecular weight excluding hydrogens is 465 g/mol. The van der Waals surface area contributed by atoms with Crippen molar-refractivity contribution in [2.45, 2.75) is 19.0 Å². The Labute approximate surface area is 204 Å². The zero-order valence-electron chi connectivity index (χ0n) is 18.6. The quantitative estimate of drug-likeness (QED) is 0.306. The lowest BCUT2D eigenvalue weighted by Gasteiger charge is -2.18. The van der Waals surface area contributed by atoms with Crippen molar-refractivity contribution < 1.29 is 14.0 Å². The number of carbonyl (C=O) groups is 2. The van der Waals surface area contributed by atoms with Gasteiger partial charge in [0.25, 0.3) is 5.91 Å². The molecule has 0 fully saturated rings. The summed E-state index contributed by atoms with van der Waals surface area (Å²) in [4.78, 5) is 33.6. The Morgan fingerprint density at radius 1 is 1.14 bits per heavy atom. The lowest BCUT2D eigenvalue weighted by Crippen LogP contribution is -2.47. The molecule has 3 aromatic heterocycles. The molecule has 5 aromatic rings. The predicted octanol–water partition coefficient (Wildman–Crippen LogP) is 4.21. The second kappa shape index (κ2) is 9.94. The highest BCUT2D eigenvalue weighted by atomic mass is 32.1. The molecule has 1 atom stereocenters. The summed E-state index contributed by atoms with van der Waals surface area (Å²) in [5.74, 6) is -1.08. The Morgan fingerprint density at radius 2 is 2.03 bits per heavy atom. The molecule has 0 radical (unpaired) electrons. The molecule has 0 bridgehead atoms. The molecule has 0 aliphatic rings. The van der Waals surface area contributed by atoms with E-state index >= 15 is 0 Å². The summed E-state index contributed by atoms with van der Waals surface area (Å²) in [5.41, 5.74) is 2.86. The lowest BCUT2D eigenvalue weighted by atomic mass is 10.0. The summed E-state index contributed by atoms with van der Waals surface area (Å²) < 4.78 is 16.2. The average molecular weight is 488 g/mol. The normalized spacial score (nSPS) is 11.9. The molecule has 0 saturated carbocycles. The van der Waals surface area contributed by atoms with Gasteiger partial charge in [0.2, 0.25) is 5.91 Å². The van der Waals surface area contributed by atoms with Gasteiger partial charge in [-0.1, -0.05) is 30.3 Å². The highest BCUT2D eigenvalue weighted by Crippen LogP contribution is 2.20. The number of hydrogen-bond donors (Lipinski definition) is 3. The van der Waals surface area contributed by atoms with E-state index in [1.165, 1.54) is 23.7 Å². The summed E-state index contributed by atoms with van der Waals surface area (Å²) in [6.07, 6.45) is 6.91. The fourth-order valence-electron chi connectivity index (χ4n) is 3.95. The number of benzene rings is 2. The number of aromatic nitrogens is 3. The van der Waals surface area contributed by atoms with Gasteiger partial charge in [0, 0.05) is 42.5 Å². The van der Waals surface area contributed by atoms with Crippen LogP contribution in [0.5, 0.6) is 0 Å². The molecule has 176 valence electrons. The standard InChI is InChI=1S/C26H22FN5O2S/c27-20-12-17(7-8-23(20)32-10-9-28-16-32)14-30-25(33)22(31-26(34)24-6-3-11-35-24)13-18-15-29-21-5-2-1-4-19(18)21/h1-12,15-16,22,29H,13-14H2,(H,30,33)(H,31,34). The van der Waals surface area contributed by atoms with Crippen molar-refractivity contribution in [3.8, 4) is 5.69 Å². The largest absolute Gasteiger partial charge is 0.361 e. The van der Waals surface area contributed by atoms with Crippen molar-refractivity contribution in [3.63, 3.8) is 0 Å². The Balaban J connectivity index is 1.32. The van der Waals surface area contributed by atoms with Gasteiger partial charge in [0.1, 0.15) is 11.9 Å². The minimum Gasteiger partial charge on any atom is -0.361 e. The van der Waals surface area contributed by atoms with Crippen LogP contribution in [-0.2, 0) is 17.8 Å². The maximum atomic E-state index is 14.6. The van der Waals surface area contributed by atoms with E-state index in [4.69, 9.17) is 0 Å². The zero-order valence-corrected chi connectivity index (χ0v) is 19.4. The molecule has 9 heteroatoms. The van der Waals surface area contributed by atoms with Crippen molar-refractivity contribution in [1.29, 1.82) is 0 Å². The summed E-state index contributed by atoms with van der Waals surface area (Å²) in [6.45, 7) is 0.124. The number of thiophene rings is 1. The first kappa shape index (κ1) is 22.5. The monoisotopic (exact) mass is 487 g/mol. The molecule has 0 aliphatic carbocycles. The van der Waals surface area contributed by atoms with Crippen LogP contribution in [0.15, 0.2) is 84.9 Å². The lowest BCUT2D eigenvalue weighted by molar-refractivity contribution is -0.123. The smallest absolute Gasteiger partial charge is 0.262 e. The number of aromatic amines is 1.